The summed E-state index contributed by atoms with van der Waals surface area (Å²) in [5.74, 6) is 0.722. The lowest BCUT2D eigenvalue weighted by Gasteiger charge is -2.24. The first-order chi connectivity index (χ1) is 12.0. The molecule has 2 aromatic rings. The van der Waals surface area contributed by atoms with Crippen LogP contribution in [0.15, 0.2) is 47.1 Å². The number of nitrogens with zero attached hydrogens (tertiary/aromatic N) is 1. The lowest BCUT2D eigenvalue weighted by molar-refractivity contribution is -0.130. The topological polar surface area (TPSA) is 62.6 Å². The zero-order valence-corrected chi connectivity index (χ0v) is 15.2. The number of hydrogen-bond acceptors (Lipinski definition) is 4. The average molecular weight is 358 g/mol. The molecule has 6 heteroatoms. The van der Waals surface area contributed by atoms with Crippen molar-refractivity contribution in [2.24, 2.45) is 0 Å². The van der Waals surface area contributed by atoms with E-state index >= 15 is 0 Å². The maximum atomic E-state index is 12.5. The molecule has 2 unspecified atom stereocenters. The molecule has 1 aliphatic rings. The fourth-order valence-corrected chi connectivity index (χ4v) is 4.19. The first-order valence-corrected chi connectivity index (χ1v) is 9.30. The Morgan fingerprint density at radius 3 is 2.88 bits per heavy atom. The minimum atomic E-state index is -0.0864. The van der Waals surface area contributed by atoms with Gasteiger partial charge in [0.15, 0.2) is 0 Å². The van der Waals surface area contributed by atoms with Crippen LogP contribution in [-0.2, 0) is 16.1 Å². The SMILES string of the molecule is Cc1cccc(C2SC(C)C(=O)N2CCC(=O)NCc2ccco2)c1. The Labute approximate surface area is 151 Å². The number of carbonyl (C=O) groups is 2. The maximum absolute atomic E-state index is 12.5. The van der Waals surface area contributed by atoms with Crippen LogP contribution in [-0.4, -0.2) is 28.5 Å². The molecule has 0 saturated carbocycles. The Hall–Kier alpha value is -2.21. The van der Waals surface area contributed by atoms with Crippen molar-refractivity contribution in [3.8, 4) is 0 Å². The summed E-state index contributed by atoms with van der Waals surface area (Å²) in [4.78, 5) is 26.4. The van der Waals surface area contributed by atoms with Crippen LogP contribution in [0.3, 0.4) is 0 Å². The predicted molar refractivity (Wildman–Crippen MR) is 97.9 cm³/mol. The lowest BCUT2D eigenvalue weighted by Crippen LogP contribution is -2.34. The maximum Gasteiger partial charge on any atom is 0.236 e. The van der Waals surface area contributed by atoms with Crippen molar-refractivity contribution in [3.63, 3.8) is 0 Å². The van der Waals surface area contributed by atoms with Crippen LogP contribution in [0.1, 0.15) is 35.6 Å². The molecule has 0 spiro atoms. The summed E-state index contributed by atoms with van der Waals surface area (Å²) in [6.07, 6.45) is 1.86. The van der Waals surface area contributed by atoms with E-state index in [-0.39, 0.29) is 28.9 Å². The first-order valence-electron chi connectivity index (χ1n) is 8.36. The van der Waals surface area contributed by atoms with E-state index in [1.54, 1.807) is 24.1 Å². The molecule has 1 aromatic heterocycles. The van der Waals surface area contributed by atoms with Crippen LogP contribution >= 0.6 is 11.8 Å². The van der Waals surface area contributed by atoms with Crippen LogP contribution < -0.4 is 5.32 Å². The number of amides is 2. The van der Waals surface area contributed by atoms with E-state index in [4.69, 9.17) is 4.42 Å². The zero-order chi connectivity index (χ0) is 17.8. The summed E-state index contributed by atoms with van der Waals surface area (Å²) in [6.45, 7) is 4.75. The standard InChI is InChI=1S/C19H22N2O3S/c1-13-5-3-6-15(11-13)19-21(18(23)14(2)25-19)9-8-17(22)20-12-16-7-4-10-24-16/h3-7,10-11,14,19H,8-9,12H2,1-2H3,(H,20,22). The molecule has 2 heterocycles. The van der Waals surface area contributed by atoms with E-state index in [9.17, 15) is 9.59 Å². The Morgan fingerprint density at radius 1 is 1.32 bits per heavy atom. The molecule has 5 nitrogen and oxygen atoms in total. The van der Waals surface area contributed by atoms with Crippen LogP contribution in [0.4, 0.5) is 0 Å². The van der Waals surface area contributed by atoms with Crippen LogP contribution in [0.2, 0.25) is 0 Å². The molecule has 25 heavy (non-hydrogen) atoms. The average Bonchev–Trinajstić information content (AvgIpc) is 3.21. The summed E-state index contributed by atoms with van der Waals surface area (Å²) in [5.41, 5.74) is 2.28. The van der Waals surface area contributed by atoms with Crippen molar-refractivity contribution in [2.45, 2.75) is 37.4 Å². The summed E-state index contributed by atoms with van der Waals surface area (Å²) in [6, 6.07) is 11.8. The van der Waals surface area contributed by atoms with E-state index in [2.05, 4.69) is 11.4 Å². The molecule has 2 amide bonds. The van der Waals surface area contributed by atoms with Gasteiger partial charge in [-0.15, -0.1) is 11.8 Å². The number of aryl methyl sites for hydroxylation is 1. The fraction of sp³-hybridized carbons (Fsp3) is 0.368. The minimum Gasteiger partial charge on any atom is -0.467 e. The molecule has 1 saturated heterocycles. The summed E-state index contributed by atoms with van der Waals surface area (Å²) in [5, 5.41) is 2.71. The zero-order valence-electron chi connectivity index (χ0n) is 14.4. The quantitative estimate of drug-likeness (QED) is 0.861. The van der Waals surface area contributed by atoms with E-state index in [0.717, 1.165) is 5.56 Å². The second-order valence-corrected chi connectivity index (χ2v) is 7.61. The Morgan fingerprint density at radius 2 is 2.16 bits per heavy atom. The van der Waals surface area contributed by atoms with Gasteiger partial charge in [-0.3, -0.25) is 9.59 Å². The molecule has 1 aromatic carbocycles. The van der Waals surface area contributed by atoms with Gasteiger partial charge in [0, 0.05) is 13.0 Å². The number of benzene rings is 1. The highest BCUT2D eigenvalue weighted by molar-refractivity contribution is 8.01. The number of thioether (sulfide) groups is 1. The number of nitrogens with one attached hydrogen (secondary N) is 1. The van der Waals surface area contributed by atoms with Gasteiger partial charge in [-0.25, -0.2) is 0 Å². The van der Waals surface area contributed by atoms with Gasteiger partial charge in [-0.2, -0.15) is 0 Å². The molecule has 3 rings (SSSR count). The van der Waals surface area contributed by atoms with Gasteiger partial charge in [-0.1, -0.05) is 29.8 Å². The molecule has 1 N–H and O–H groups in total. The molecular weight excluding hydrogens is 336 g/mol. The molecule has 2 atom stereocenters. The number of carbonyl (C=O) groups excluding carboxylic acids is 2. The summed E-state index contributed by atoms with van der Waals surface area (Å²) in [7, 11) is 0. The van der Waals surface area contributed by atoms with Crippen molar-refractivity contribution >= 4 is 23.6 Å². The van der Waals surface area contributed by atoms with Gasteiger partial charge < -0.3 is 14.6 Å². The van der Waals surface area contributed by atoms with Crippen molar-refractivity contribution in [1.29, 1.82) is 0 Å². The van der Waals surface area contributed by atoms with Crippen molar-refractivity contribution in [3.05, 3.63) is 59.5 Å². The molecule has 0 aliphatic carbocycles. The smallest absolute Gasteiger partial charge is 0.236 e. The van der Waals surface area contributed by atoms with Gasteiger partial charge in [-0.05, 0) is 31.5 Å². The van der Waals surface area contributed by atoms with Crippen molar-refractivity contribution < 1.29 is 14.0 Å². The Kier molecular flexibility index (Phi) is 5.48. The van der Waals surface area contributed by atoms with Crippen molar-refractivity contribution in [1.82, 2.24) is 10.2 Å². The number of rotatable bonds is 6. The minimum absolute atomic E-state index is 0.0275. The van der Waals surface area contributed by atoms with Crippen LogP contribution in [0.25, 0.3) is 0 Å². The highest BCUT2D eigenvalue weighted by atomic mass is 32.2. The predicted octanol–water partition coefficient (Wildman–Crippen LogP) is 3.26. The van der Waals surface area contributed by atoms with Crippen molar-refractivity contribution in [2.75, 3.05) is 6.54 Å². The summed E-state index contributed by atoms with van der Waals surface area (Å²) >= 11 is 1.64. The fourth-order valence-electron chi connectivity index (χ4n) is 2.89. The highest BCUT2D eigenvalue weighted by Crippen LogP contribution is 2.42. The molecule has 1 aliphatic heterocycles. The second-order valence-electron chi connectivity index (χ2n) is 6.18. The highest BCUT2D eigenvalue weighted by Gasteiger charge is 2.38. The Bertz CT molecular complexity index is 745. The van der Waals surface area contributed by atoms with Gasteiger partial charge in [0.25, 0.3) is 0 Å². The number of hydrogen-bond donors (Lipinski definition) is 1. The van der Waals surface area contributed by atoms with Gasteiger partial charge >= 0.3 is 0 Å². The third-order valence-electron chi connectivity index (χ3n) is 4.19. The molecule has 132 valence electrons. The number of furan rings is 1. The second kappa shape index (κ2) is 7.78. The molecule has 0 bridgehead atoms. The lowest BCUT2D eigenvalue weighted by atomic mass is 10.1. The third-order valence-corrected chi connectivity index (χ3v) is 5.59. The van der Waals surface area contributed by atoms with E-state index in [1.165, 1.54) is 5.56 Å². The molecule has 0 radical (unpaired) electrons. The normalized spacial score (nSPS) is 20.1. The van der Waals surface area contributed by atoms with Gasteiger partial charge in [0.1, 0.15) is 11.1 Å². The van der Waals surface area contributed by atoms with Gasteiger partial charge in [0.2, 0.25) is 11.8 Å². The largest absolute Gasteiger partial charge is 0.467 e. The van der Waals surface area contributed by atoms with Gasteiger partial charge in [0.05, 0.1) is 18.1 Å². The van der Waals surface area contributed by atoms with Crippen LogP contribution in [0.5, 0.6) is 0 Å². The van der Waals surface area contributed by atoms with Crippen LogP contribution in [0, 0.1) is 6.92 Å². The monoisotopic (exact) mass is 358 g/mol. The van der Waals surface area contributed by atoms with E-state index in [1.807, 2.05) is 43.0 Å². The molecule has 1 fully saturated rings. The Balaban J connectivity index is 1.60. The first kappa shape index (κ1) is 17.6. The van der Waals surface area contributed by atoms with E-state index < -0.39 is 0 Å². The third kappa shape index (κ3) is 4.25. The summed E-state index contributed by atoms with van der Waals surface area (Å²) < 4.78 is 5.20. The molecular formula is C19H22N2O3S. The van der Waals surface area contributed by atoms with E-state index in [0.29, 0.717) is 18.8 Å².